The number of hydrogen-bond acceptors (Lipinski definition) is 7. The predicted octanol–water partition coefficient (Wildman–Crippen LogP) is 5.45. The van der Waals surface area contributed by atoms with Crippen LogP contribution in [0.1, 0.15) is 70.9 Å². The fourth-order valence-corrected chi connectivity index (χ4v) is 7.44. The van der Waals surface area contributed by atoms with Gasteiger partial charge in [-0.2, -0.15) is 0 Å². The highest BCUT2D eigenvalue weighted by atomic mass is 16.5. The van der Waals surface area contributed by atoms with Gasteiger partial charge in [-0.25, -0.2) is 0 Å². The molecule has 2 fully saturated rings. The molecule has 1 saturated carbocycles. The van der Waals surface area contributed by atoms with Crippen LogP contribution in [-0.4, -0.2) is 92.9 Å². The molecule has 5 rings (SSSR count). The Morgan fingerprint density at radius 1 is 1.00 bits per heavy atom. The molecular weight excluding hydrogens is 602 g/mol. The number of H-pyrrole nitrogens is 1. The SMILES string of the molecule is CCN(c1cc(-c2ccc(CN3CCOCC3)cc2)cc(C(=O)NCc2c(C)cc(C)[nH]c2=O)c1C)[C@H]1CC[C@H](N(C)CCOC)CC1. The first-order chi connectivity index (χ1) is 23.2. The second-order valence-corrected chi connectivity index (χ2v) is 13.6. The molecule has 0 bridgehead atoms. The third kappa shape index (κ3) is 8.74. The van der Waals surface area contributed by atoms with Gasteiger partial charge in [-0.1, -0.05) is 24.3 Å². The highest BCUT2D eigenvalue weighted by Crippen LogP contribution is 2.36. The first-order valence-corrected chi connectivity index (χ1v) is 17.7. The maximum absolute atomic E-state index is 14.0. The van der Waals surface area contributed by atoms with E-state index < -0.39 is 0 Å². The summed E-state index contributed by atoms with van der Waals surface area (Å²) in [5.74, 6) is -0.168. The fourth-order valence-electron chi connectivity index (χ4n) is 7.44. The number of anilines is 1. The van der Waals surface area contributed by atoms with Crippen molar-refractivity contribution in [1.29, 1.82) is 0 Å². The number of aryl methyl sites for hydroxylation is 2. The van der Waals surface area contributed by atoms with Gasteiger partial charge in [-0.05, 0) is 106 Å². The summed E-state index contributed by atoms with van der Waals surface area (Å²) in [4.78, 5) is 36.9. The quantitative estimate of drug-likeness (QED) is 0.253. The van der Waals surface area contributed by atoms with Crippen molar-refractivity contribution in [2.75, 3.05) is 65.1 Å². The molecule has 0 radical (unpaired) electrons. The minimum Gasteiger partial charge on any atom is -0.383 e. The van der Waals surface area contributed by atoms with Gasteiger partial charge >= 0.3 is 0 Å². The minimum atomic E-state index is -0.168. The van der Waals surface area contributed by atoms with E-state index in [1.165, 1.54) is 5.56 Å². The Kier molecular flexibility index (Phi) is 12.5. The van der Waals surface area contributed by atoms with Gasteiger partial charge in [0.1, 0.15) is 0 Å². The monoisotopic (exact) mass is 657 g/mol. The number of pyridine rings is 1. The van der Waals surface area contributed by atoms with E-state index in [9.17, 15) is 9.59 Å². The topological polar surface area (TPSA) is 90.1 Å². The van der Waals surface area contributed by atoms with Gasteiger partial charge < -0.3 is 29.6 Å². The van der Waals surface area contributed by atoms with Crippen LogP contribution in [0.5, 0.6) is 0 Å². The van der Waals surface area contributed by atoms with Crippen molar-refractivity contribution in [2.24, 2.45) is 0 Å². The van der Waals surface area contributed by atoms with Crippen molar-refractivity contribution in [3.8, 4) is 11.1 Å². The second-order valence-electron chi connectivity index (χ2n) is 13.6. The van der Waals surface area contributed by atoms with E-state index >= 15 is 0 Å². The van der Waals surface area contributed by atoms with E-state index in [2.05, 4.69) is 76.2 Å². The normalized spacial score (nSPS) is 18.6. The van der Waals surface area contributed by atoms with Gasteiger partial charge in [0, 0.05) is 81.0 Å². The van der Waals surface area contributed by atoms with Crippen LogP contribution in [0.2, 0.25) is 0 Å². The van der Waals surface area contributed by atoms with Gasteiger partial charge in [0.05, 0.1) is 19.8 Å². The lowest BCUT2D eigenvalue weighted by atomic mass is 9.88. The highest BCUT2D eigenvalue weighted by molar-refractivity contribution is 5.99. The van der Waals surface area contributed by atoms with E-state index in [4.69, 9.17) is 9.47 Å². The Balaban J connectivity index is 1.43. The molecule has 9 nitrogen and oxygen atoms in total. The number of rotatable bonds is 13. The van der Waals surface area contributed by atoms with Crippen LogP contribution in [0.4, 0.5) is 5.69 Å². The number of methoxy groups -OCH3 is 1. The third-order valence-corrected chi connectivity index (χ3v) is 10.4. The maximum atomic E-state index is 14.0. The molecule has 1 saturated heterocycles. The van der Waals surface area contributed by atoms with Gasteiger partial charge in [0.25, 0.3) is 11.5 Å². The average molecular weight is 658 g/mol. The van der Waals surface area contributed by atoms with Crippen molar-refractivity contribution in [3.05, 3.63) is 86.3 Å². The molecule has 9 heteroatoms. The first kappa shape index (κ1) is 35.8. The standard InChI is InChI=1S/C39H55N5O4/c1-7-44(34-14-12-33(13-15-34)42(5)16-19-47-6)37-24-32(31-10-8-30(9-11-31)26-43-17-20-48-21-18-43)23-35(29(37)4)38(45)40-25-36-27(2)22-28(3)41-39(36)46/h8-11,22-24,33-34H,7,12-21,25-26H2,1-6H3,(H,40,45)(H,41,46)/t33-,34-. The van der Waals surface area contributed by atoms with Gasteiger partial charge in [-0.15, -0.1) is 0 Å². The molecule has 1 aromatic heterocycles. The average Bonchev–Trinajstić information content (AvgIpc) is 3.08. The van der Waals surface area contributed by atoms with Gasteiger partial charge in [0.2, 0.25) is 0 Å². The molecule has 2 N–H and O–H groups in total. The number of carbonyl (C=O) groups is 1. The lowest BCUT2D eigenvalue weighted by Gasteiger charge is -2.41. The number of amides is 1. The van der Waals surface area contributed by atoms with Gasteiger partial charge in [-0.3, -0.25) is 14.5 Å². The minimum absolute atomic E-state index is 0.156. The number of morpholine rings is 1. The van der Waals surface area contributed by atoms with Crippen molar-refractivity contribution in [1.82, 2.24) is 20.1 Å². The van der Waals surface area contributed by atoms with Crippen LogP contribution in [-0.2, 0) is 22.6 Å². The Morgan fingerprint density at radius 3 is 2.33 bits per heavy atom. The number of likely N-dealkylation sites (N-methyl/N-ethyl adjacent to an activating group) is 1. The lowest BCUT2D eigenvalue weighted by molar-refractivity contribution is 0.0342. The molecule has 1 aliphatic carbocycles. The Labute approximate surface area is 286 Å². The number of aromatic nitrogens is 1. The fraction of sp³-hybridized carbons (Fsp3) is 0.538. The predicted molar refractivity (Wildman–Crippen MR) is 194 cm³/mol. The maximum Gasteiger partial charge on any atom is 0.253 e. The summed E-state index contributed by atoms with van der Waals surface area (Å²) in [5.41, 5.74) is 8.22. The van der Waals surface area contributed by atoms with Crippen LogP contribution < -0.4 is 15.8 Å². The van der Waals surface area contributed by atoms with Crippen LogP contribution in [0.3, 0.4) is 0 Å². The lowest BCUT2D eigenvalue weighted by Crippen LogP contribution is -2.44. The molecule has 0 atom stereocenters. The number of nitrogens with zero attached hydrogens (tertiary/aromatic N) is 3. The van der Waals surface area contributed by atoms with E-state index in [1.807, 2.05) is 26.0 Å². The van der Waals surface area contributed by atoms with Crippen LogP contribution in [0.25, 0.3) is 11.1 Å². The molecule has 3 aromatic rings. The number of ether oxygens (including phenoxy) is 2. The summed E-state index contributed by atoms with van der Waals surface area (Å²) in [6.45, 7) is 15.2. The number of nitrogens with one attached hydrogen (secondary N) is 2. The molecule has 1 aliphatic heterocycles. The van der Waals surface area contributed by atoms with Crippen molar-refractivity contribution >= 4 is 11.6 Å². The smallest absolute Gasteiger partial charge is 0.253 e. The third-order valence-electron chi connectivity index (χ3n) is 10.4. The molecule has 260 valence electrons. The van der Waals surface area contributed by atoms with E-state index in [0.29, 0.717) is 23.2 Å². The molecule has 1 amide bonds. The second kappa shape index (κ2) is 16.7. The van der Waals surface area contributed by atoms with E-state index in [1.54, 1.807) is 7.11 Å². The van der Waals surface area contributed by atoms with Gasteiger partial charge in [0.15, 0.2) is 0 Å². The largest absolute Gasteiger partial charge is 0.383 e. The molecule has 2 aliphatic rings. The summed E-state index contributed by atoms with van der Waals surface area (Å²) in [5, 5.41) is 3.08. The van der Waals surface area contributed by atoms with Crippen molar-refractivity contribution < 1.29 is 14.3 Å². The Bertz CT molecular complexity index is 1570. The molecule has 48 heavy (non-hydrogen) atoms. The van der Waals surface area contributed by atoms with Crippen LogP contribution in [0.15, 0.2) is 47.3 Å². The molecule has 0 spiro atoms. The van der Waals surface area contributed by atoms with Crippen molar-refractivity contribution in [2.45, 2.75) is 78.6 Å². The molecular formula is C39H55N5O4. The number of aromatic amines is 1. The van der Waals surface area contributed by atoms with Crippen LogP contribution >= 0.6 is 0 Å². The zero-order chi connectivity index (χ0) is 34.2. The summed E-state index contributed by atoms with van der Waals surface area (Å²) in [6.07, 6.45) is 4.49. The van der Waals surface area contributed by atoms with E-state index in [-0.39, 0.29) is 18.0 Å². The highest BCUT2D eigenvalue weighted by Gasteiger charge is 2.29. The summed E-state index contributed by atoms with van der Waals surface area (Å²) < 4.78 is 10.8. The summed E-state index contributed by atoms with van der Waals surface area (Å²) in [7, 11) is 3.97. The van der Waals surface area contributed by atoms with E-state index in [0.717, 1.165) is 112 Å². The summed E-state index contributed by atoms with van der Waals surface area (Å²) >= 11 is 0. The number of benzene rings is 2. The number of carbonyl (C=O) groups excluding carboxylic acids is 1. The van der Waals surface area contributed by atoms with Crippen molar-refractivity contribution in [3.63, 3.8) is 0 Å². The molecule has 2 heterocycles. The van der Waals surface area contributed by atoms with Crippen LogP contribution in [0, 0.1) is 20.8 Å². The summed E-state index contributed by atoms with van der Waals surface area (Å²) in [6, 6.07) is 16.0. The Hall–Kier alpha value is -3.50. The zero-order valence-electron chi connectivity index (χ0n) is 29.9. The zero-order valence-corrected chi connectivity index (χ0v) is 29.9. The number of hydrogen-bond donors (Lipinski definition) is 2. The molecule has 0 unspecified atom stereocenters. The molecule has 2 aromatic carbocycles. The first-order valence-electron chi connectivity index (χ1n) is 17.7. The Morgan fingerprint density at radius 2 is 1.69 bits per heavy atom.